The highest BCUT2D eigenvalue weighted by Crippen LogP contribution is 2.17. The quantitative estimate of drug-likeness (QED) is 0.795. The van der Waals surface area contributed by atoms with Crippen LogP contribution in [0.2, 0.25) is 0 Å². The number of carbonyl (C=O) groups is 1. The molecule has 0 aromatic heterocycles. The van der Waals surface area contributed by atoms with Crippen molar-refractivity contribution >= 4 is 11.6 Å². The van der Waals surface area contributed by atoms with Crippen LogP contribution in [-0.4, -0.2) is 41.7 Å². The molecule has 4 heteroatoms. The number of nitrogens with one attached hydrogen (secondary N) is 1. The lowest BCUT2D eigenvalue weighted by Crippen LogP contribution is -2.42. The highest BCUT2D eigenvalue weighted by atomic mass is 16.3. The van der Waals surface area contributed by atoms with Gasteiger partial charge < -0.3 is 15.3 Å². The lowest BCUT2D eigenvalue weighted by atomic mass is 10.1. The number of likely N-dealkylation sites (tertiary alicyclic amines) is 1. The van der Waals surface area contributed by atoms with E-state index in [1.807, 2.05) is 30.3 Å². The third-order valence-corrected chi connectivity index (χ3v) is 4.61. The van der Waals surface area contributed by atoms with Crippen molar-refractivity contribution in [3.63, 3.8) is 0 Å². The predicted molar refractivity (Wildman–Crippen MR) is 101 cm³/mol. The van der Waals surface area contributed by atoms with Crippen molar-refractivity contribution in [3.05, 3.63) is 65.7 Å². The number of aliphatic hydroxyl groups excluding tert-OH is 1. The molecule has 0 aliphatic carbocycles. The fraction of sp³-hybridized carbons (Fsp3) is 0.381. The highest BCUT2D eigenvalue weighted by molar-refractivity contribution is 5.95. The van der Waals surface area contributed by atoms with Crippen molar-refractivity contribution in [2.75, 3.05) is 25.0 Å². The van der Waals surface area contributed by atoms with Gasteiger partial charge in [0.1, 0.15) is 0 Å². The van der Waals surface area contributed by atoms with Gasteiger partial charge in [0, 0.05) is 30.9 Å². The van der Waals surface area contributed by atoms with Crippen LogP contribution in [0.15, 0.2) is 54.6 Å². The molecule has 3 rings (SSSR count). The van der Waals surface area contributed by atoms with Gasteiger partial charge in [-0.3, -0.25) is 4.79 Å². The number of piperidine rings is 1. The van der Waals surface area contributed by atoms with Gasteiger partial charge in [-0.25, -0.2) is 0 Å². The van der Waals surface area contributed by atoms with Gasteiger partial charge in [-0.1, -0.05) is 36.4 Å². The van der Waals surface area contributed by atoms with Gasteiger partial charge in [-0.05, 0) is 49.4 Å². The molecule has 0 saturated carbocycles. The van der Waals surface area contributed by atoms with E-state index in [1.165, 1.54) is 5.56 Å². The van der Waals surface area contributed by atoms with Gasteiger partial charge in [0.2, 0.25) is 0 Å². The van der Waals surface area contributed by atoms with Crippen LogP contribution in [0.1, 0.15) is 35.2 Å². The summed E-state index contributed by atoms with van der Waals surface area (Å²) in [5.74, 6) is 0.00619. The van der Waals surface area contributed by atoms with Crippen LogP contribution in [0.5, 0.6) is 0 Å². The Morgan fingerprint density at radius 1 is 1.16 bits per heavy atom. The van der Waals surface area contributed by atoms with Crippen LogP contribution in [0, 0.1) is 0 Å². The second kappa shape index (κ2) is 8.67. The van der Waals surface area contributed by atoms with Gasteiger partial charge in [-0.15, -0.1) is 0 Å². The molecular formula is C21H26N2O2. The average molecular weight is 338 g/mol. The zero-order valence-electron chi connectivity index (χ0n) is 14.5. The second-order valence-electron chi connectivity index (χ2n) is 6.64. The summed E-state index contributed by atoms with van der Waals surface area (Å²) in [5, 5.41) is 13.2. The van der Waals surface area contributed by atoms with Crippen molar-refractivity contribution in [2.45, 2.75) is 31.8 Å². The number of hydrogen-bond donors (Lipinski definition) is 2. The maximum atomic E-state index is 12.6. The van der Waals surface area contributed by atoms with E-state index in [-0.39, 0.29) is 5.91 Å². The summed E-state index contributed by atoms with van der Waals surface area (Å²) in [4.78, 5) is 14.4. The average Bonchev–Trinajstić information content (AvgIpc) is 2.66. The van der Waals surface area contributed by atoms with Crippen LogP contribution in [-0.2, 0) is 6.42 Å². The van der Waals surface area contributed by atoms with E-state index in [2.05, 4.69) is 29.6 Å². The Morgan fingerprint density at radius 3 is 2.80 bits per heavy atom. The Kier molecular flexibility index (Phi) is 6.07. The molecule has 1 aliphatic rings. The molecule has 2 aromatic rings. The van der Waals surface area contributed by atoms with E-state index >= 15 is 0 Å². The van der Waals surface area contributed by atoms with Crippen molar-refractivity contribution in [1.82, 2.24) is 4.90 Å². The largest absolute Gasteiger partial charge is 0.391 e. The van der Waals surface area contributed by atoms with Crippen LogP contribution >= 0.6 is 0 Å². The fourth-order valence-electron chi connectivity index (χ4n) is 3.25. The molecule has 0 spiro atoms. The van der Waals surface area contributed by atoms with Crippen molar-refractivity contribution in [2.24, 2.45) is 0 Å². The molecule has 1 unspecified atom stereocenters. The predicted octanol–water partition coefficient (Wildman–Crippen LogP) is 3.33. The molecule has 1 saturated heterocycles. The number of benzene rings is 2. The van der Waals surface area contributed by atoms with Crippen molar-refractivity contribution in [3.8, 4) is 0 Å². The zero-order valence-corrected chi connectivity index (χ0v) is 14.5. The van der Waals surface area contributed by atoms with E-state index in [4.69, 9.17) is 0 Å². The number of β-amino-alcohol motifs (C(OH)–C–C–N with tert-alkyl or cyclic N) is 1. The van der Waals surface area contributed by atoms with Gasteiger partial charge in [0.05, 0.1) is 6.10 Å². The number of rotatable bonds is 6. The zero-order chi connectivity index (χ0) is 17.5. The number of hydrogen-bond acceptors (Lipinski definition) is 3. The second-order valence-corrected chi connectivity index (χ2v) is 6.64. The van der Waals surface area contributed by atoms with E-state index in [1.54, 1.807) is 4.90 Å². The summed E-state index contributed by atoms with van der Waals surface area (Å²) in [6.07, 6.45) is 3.34. The van der Waals surface area contributed by atoms with E-state index in [0.717, 1.165) is 44.5 Å². The highest BCUT2D eigenvalue weighted by Gasteiger charge is 2.23. The third-order valence-electron chi connectivity index (χ3n) is 4.61. The summed E-state index contributed by atoms with van der Waals surface area (Å²) < 4.78 is 0. The molecule has 1 aliphatic heterocycles. The Bertz CT molecular complexity index is 687. The third kappa shape index (κ3) is 5.07. The molecule has 1 heterocycles. The number of carbonyl (C=O) groups excluding carboxylic acids is 1. The summed E-state index contributed by atoms with van der Waals surface area (Å²) >= 11 is 0. The molecule has 1 amide bonds. The fourth-order valence-corrected chi connectivity index (χ4v) is 3.25. The maximum Gasteiger partial charge on any atom is 0.254 e. The maximum absolute atomic E-state index is 12.6. The molecule has 132 valence electrons. The number of nitrogens with zero attached hydrogens (tertiary/aromatic N) is 1. The normalized spacial score (nSPS) is 17.3. The lowest BCUT2D eigenvalue weighted by molar-refractivity contribution is 0.0474. The minimum Gasteiger partial charge on any atom is -0.391 e. The number of aryl methyl sites for hydroxylation is 1. The van der Waals surface area contributed by atoms with Gasteiger partial charge >= 0.3 is 0 Å². The van der Waals surface area contributed by atoms with Crippen molar-refractivity contribution < 1.29 is 9.90 Å². The van der Waals surface area contributed by atoms with Gasteiger partial charge in [0.15, 0.2) is 0 Å². The molecule has 1 atom stereocenters. The first-order valence-electron chi connectivity index (χ1n) is 9.07. The molecule has 1 fully saturated rings. The Morgan fingerprint density at radius 2 is 2.00 bits per heavy atom. The molecule has 4 nitrogen and oxygen atoms in total. The molecule has 25 heavy (non-hydrogen) atoms. The Balaban J connectivity index is 1.51. The standard InChI is InChI=1S/C21H26N2O2/c24-20-12-6-14-23(16-20)21(25)18-10-4-11-19(15-18)22-13-5-9-17-7-2-1-3-8-17/h1-4,7-8,10-11,15,20,22,24H,5-6,9,12-14,16H2. The minimum atomic E-state index is -0.392. The van der Waals surface area contributed by atoms with E-state index in [0.29, 0.717) is 12.1 Å². The van der Waals surface area contributed by atoms with Gasteiger partial charge in [-0.2, -0.15) is 0 Å². The smallest absolute Gasteiger partial charge is 0.254 e. The van der Waals surface area contributed by atoms with Crippen LogP contribution < -0.4 is 5.32 Å². The summed E-state index contributed by atoms with van der Waals surface area (Å²) in [6, 6.07) is 18.1. The Hall–Kier alpha value is -2.33. The first-order valence-corrected chi connectivity index (χ1v) is 9.07. The molecular weight excluding hydrogens is 312 g/mol. The molecule has 0 bridgehead atoms. The molecule has 2 aromatic carbocycles. The number of amides is 1. The summed E-state index contributed by atoms with van der Waals surface area (Å²) in [5.41, 5.74) is 3.00. The van der Waals surface area contributed by atoms with Crippen LogP contribution in [0.25, 0.3) is 0 Å². The van der Waals surface area contributed by atoms with E-state index in [9.17, 15) is 9.90 Å². The summed E-state index contributed by atoms with van der Waals surface area (Å²) in [7, 11) is 0. The van der Waals surface area contributed by atoms with Gasteiger partial charge in [0.25, 0.3) is 5.91 Å². The van der Waals surface area contributed by atoms with Crippen LogP contribution in [0.4, 0.5) is 5.69 Å². The topological polar surface area (TPSA) is 52.6 Å². The monoisotopic (exact) mass is 338 g/mol. The van der Waals surface area contributed by atoms with E-state index < -0.39 is 6.10 Å². The SMILES string of the molecule is O=C(c1cccc(NCCCc2ccccc2)c1)N1CCCC(O)C1. The number of anilines is 1. The Labute approximate surface area is 149 Å². The first kappa shape index (κ1) is 17.5. The number of aliphatic hydroxyl groups is 1. The first-order chi connectivity index (χ1) is 12.2. The van der Waals surface area contributed by atoms with Crippen molar-refractivity contribution in [1.29, 1.82) is 0 Å². The molecule has 2 N–H and O–H groups in total. The van der Waals surface area contributed by atoms with Crippen LogP contribution in [0.3, 0.4) is 0 Å². The summed E-state index contributed by atoms with van der Waals surface area (Å²) in [6.45, 7) is 2.03. The lowest BCUT2D eigenvalue weighted by Gasteiger charge is -2.30. The minimum absolute atomic E-state index is 0.00619. The molecule has 0 radical (unpaired) electrons.